The largest absolute Gasteiger partial charge is 0.370 e. The van der Waals surface area contributed by atoms with E-state index in [0.29, 0.717) is 0 Å². The minimum Gasteiger partial charge on any atom is -0.370 e. The lowest BCUT2D eigenvalue weighted by Crippen LogP contribution is -2.42. The molecule has 1 saturated heterocycles. The fourth-order valence-electron chi connectivity index (χ4n) is 2.24. The molecule has 0 bridgehead atoms. The molecule has 0 aromatic heterocycles. The molecule has 3 nitrogen and oxygen atoms in total. The molecule has 1 aliphatic heterocycles. The Morgan fingerprint density at radius 3 is 2.56 bits per heavy atom. The van der Waals surface area contributed by atoms with Crippen molar-refractivity contribution >= 4 is 17.7 Å². The molecule has 1 aliphatic rings. The van der Waals surface area contributed by atoms with Gasteiger partial charge in [-0.15, -0.1) is 0 Å². The molecule has 1 heterocycles. The average Bonchev–Trinajstić information content (AvgIpc) is 2.38. The van der Waals surface area contributed by atoms with Crippen molar-refractivity contribution < 1.29 is 0 Å². The fourth-order valence-corrected chi connectivity index (χ4v) is 2.74. The number of rotatable bonds is 7. The van der Waals surface area contributed by atoms with Crippen LogP contribution in [-0.2, 0) is 0 Å². The van der Waals surface area contributed by atoms with Gasteiger partial charge in [-0.05, 0) is 43.6 Å². The average molecular weight is 271 g/mol. The molecule has 106 valence electrons. The first kappa shape index (κ1) is 15.7. The Kier molecular flexibility index (Phi) is 8.31. The summed E-state index contributed by atoms with van der Waals surface area (Å²) in [6.45, 7) is 5.39. The number of likely N-dealkylation sites (tertiary alicyclic amines) is 1. The molecule has 18 heavy (non-hydrogen) atoms. The Morgan fingerprint density at radius 1 is 1.22 bits per heavy atom. The first-order valence-electron chi connectivity index (χ1n) is 7.28. The molecule has 1 fully saturated rings. The third-order valence-electron chi connectivity index (χ3n) is 3.64. The molecule has 1 rings (SSSR count). The molecular formula is C14H29N3S. The standard InChI is InChI=1S/C14H29N3S/c1-13-7-10-17(11-8-13)14(15)16-9-5-3-4-6-12-18-2/h13H,3-12H2,1-2H3,(H2,15,16). The Bertz CT molecular complexity index is 235. The molecule has 0 aliphatic carbocycles. The van der Waals surface area contributed by atoms with E-state index in [0.717, 1.165) is 31.5 Å². The Hall–Kier alpha value is -0.380. The van der Waals surface area contributed by atoms with E-state index >= 15 is 0 Å². The van der Waals surface area contributed by atoms with E-state index in [9.17, 15) is 0 Å². The number of hydrogen-bond acceptors (Lipinski definition) is 2. The highest BCUT2D eigenvalue weighted by Crippen LogP contribution is 2.15. The van der Waals surface area contributed by atoms with Crippen LogP contribution >= 0.6 is 11.8 Å². The van der Waals surface area contributed by atoms with Crippen molar-refractivity contribution in [2.24, 2.45) is 16.6 Å². The molecule has 0 amide bonds. The zero-order valence-electron chi connectivity index (χ0n) is 12.0. The van der Waals surface area contributed by atoms with Crippen molar-refractivity contribution in [3.05, 3.63) is 0 Å². The summed E-state index contributed by atoms with van der Waals surface area (Å²) in [6.07, 6.45) is 9.82. The van der Waals surface area contributed by atoms with E-state index in [1.54, 1.807) is 0 Å². The summed E-state index contributed by atoms with van der Waals surface area (Å²) in [7, 11) is 0. The van der Waals surface area contributed by atoms with Crippen molar-refractivity contribution in [2.45, 2.75) is 45.4 Å². The first-order valence-corrected chi connectivity index (χ1v) is 8.67. The molecule has 2 N–H and O–H groups in total. The second kappa shape index (κ2) is 9.54. The molecule has 0 saturated carbocycles. The van der Waals surface area contributed by atoms with Crippen LogP contribution < -0.4 is 5.73 Å². The number of unbranched alkanes of at least 4 members (excludes halogenated alkanes) is 3. The van der Waals surface area contributed by atoms with Crippen LogP contribution in [0.25, 0.3) is 0 Å². The van der Waals surface area contributed by atoms with Gasteiger partial charge in [0, 0.05) is 19.6 Å². The van der Waals surface area contributed by atoms with Crippen LogP contribution in [-0.4, -0.2) is 42.5 Å². The highest BCUT2D eigenvalue weighted by atomic mass is 32.2. The Balaban J connectivity index is 2.06. The summed E-state index contributed by atoms with van der Waals surface area (Å²) in [4.78, 5) is 6.75. The summed E-state index contributed by atoms with van der Waals surface area (Å²) in [5, 5.41) is 0. The van der Waals surface area contributed by atoms with E-state index in [4.69, 9.17) is 5.73 Å². The summed E-state index contributed by atoms with van der Waals surface area (Å²) in [5.41, 5.74) is 6.03. The molecule has 0 unspecified atom stereocenters. The van der Waals surface area contributed by atoms with E-state index in [1.807, 2.05) is 11.8 Å². The summed E-state index contributed by atoms with van der Waals surface area (Å²) >= 11 is 1.94. The molecular weight excluding hydrogens is 242 g/mol. The van der Waals surface area contributed by atoms with Gasteiger partial charge in [-0.25, -0.2) is 0 Å². The van der Waals surface area contributed by atoms with E-state index in [1.165, 1.54) is 44.3 Å². The predicted molar refractivity (Wildman–Crippen MR) is 83.3 cm³/mol. The highest BCUT2D eigenvalue weighted by molar-refractivity contribution is 7.98. The second-order valence-corrected chi connectivity index (χ2v) is 6.30. The smallest absolute Gasteiger partial charge is 0.191 e. The van der Waals surface area contributed by atoms with Crippen molar-refractivity contribution in [2.75, 3.05) is 31.6 Å². The monoisotopic (exact) mass is 271 g/mol. The van der Waals surface area contributed by atoms with Gasteiger partial charge in [0.05, 0.1) is 0 Å². The van der Waals surface area contributed by atoms with Crippen LogP contribution in [0.3, 0.4) is 0 Å². The number of guanidine groups is 1. The molecule has 0 spiro atoms. The van der Waals surface area contributed by atoms with Crippen LogP contribution in [0, 0.1) is 5.92 Å². The summed E-state index contributed by atoms with van der Waals surface area (Å²) < 4.78 is 0. The van der Waals surface area contributed by atoms with Crippen LogP contribution in [0.15, 0.2) is 4.99 Å². The second-order valence-electron chi connectivity index (χ2n) is 5.32. The van der Waals surface area contributed by atoms with E-state index in [2.05, 4.69) is 23.1 Å². The number of hydrogen-bond donors (Lipinski definition) is 1. The maximum absolute atomic E-state index is 6.03. The molecule has 4 heteroatoms. The molecule has 0 atom stereocenters. The van der Waals surface area contributed by atoms with Gasteiger partial charge in [0.2, 0.25) is 0 Å². The lowest BCUT2D eigenvalue weighted by Gasteiger charge is -2.31. The van der Waals surface area contributed by atoms with E-state index in [-0.39, 0.29) is 0 Å². The van der Waals surface area contributed by atoms with Gasteiger partial charge >= 0.3 is 0 Å². The number of nitrogens with zero attached hydrogens (tertiary/aromatic N) is 2. The van der Waals surface area contributed by atoms with Crippen molar-refractivity contribution in [3.63, 3.8) is 0 Å². The quantitative estimate of drug-likeness (QED) is 0.440. The third kappa shape index (κ3) is 6.53. The maximum atomic E-state index is 6.03. The zero-order valence-corrected chi connectivity index (χ0v) is 12.8. The summed E-state index contributed by atoms with van der Waals surface area (Å²) in [5.74, 6) is 2.91. The van der Waals surface area contributed by atoms with Crippen molar-refractivity contribution in [3.8, 4) is 0 Å². The van der Waals surface area contributed by atoms with Crippen LogP contribution in [0.5, 0.6) is 0 Å². The molecule has 0 radical (unpaired) electrons. The minimum absolute atomic E-state index is 0.769. The van der Waals surface area contributed by atoms with Gasteiger partial charge in [-0.1, -0.05) is 19.8 Å². The third-order valence-corrected chi connectivity index (χ3v) is 4.33. The van der Waals surface area contributed by atoms with Gasteiger partial charge in [0.25, 0.3) is 0 Å². The van der Waals surface area contributed by atoms with Gasteiger partial charge in [0.1, 0.15) is 0 Å². The Labute approximate surface area is 117 Å². The lowest BCUT2D eigenvalue weighted by atomic mass is 10.00. The summed E-state index contributed by atoms with van der Waals surface area (Å²) in [6, 6.07) is 0. The Morgan fingerprint density at radius 2 is 1.89 bits per heavy atom. The number of nitrogens with two attached hydrogens (primary N) is 1. The SMILES string of the molecule is CSCCCCCCN=C(N)N1CCC(C)CC1. The predicted octanol–water partition coefficient (Wildman–Crippen LogP) is 2.96. The van der Waals surface area contributed by atoms with Gasteiger partial charge in [-0.2, -0.15) is 11.8 Å². The van der Waals surface area contributed by atoms with Crippen molar-refractivity contribution in [1.29, 1.82) is 0 Å². The number of thioether (sulfide) groups is 1. The van der Waals surface area contributed by atoms with Crippen LogP contribution in [0.2, 0.25) is 0 Å². The van der Waals surface area contributed by atoms with Gasteiger partial charge in [-0.3, -0.25) is 4.99 Å². The first-order chi connectivity index (χ1) is 8.74. The highest BCUT2D eigenvalue weighted by Gasteiger charge is 2.16. The minimum atomic E-state index is 0.769. The normalized spacial score (nSPS) is 18.3. The van der Waals surface area contributed by atoms with Gasteiger partial charge < -0.3 is 10.6 Å². The molecule has 0 aromatic rings. The fraction of sp³-hybridized carbons (Fsp3) is 0.929. The maximum Gasteiger partial charge on any atom is 0.191 e. The van der Waals surface area contributed by atoms with E-state index < -0.39 is 0 Å². The lowest BCUT2D eigenvalue weighted by molar-refractivity contribution is 0.277. The topological polar surface area (TPSA) is 41.6 Å². The molecule has 0 aromatic carbocycles. The zero-order chi connectivity index (χ0) is 13.2. The van der Waals surface area contributed by atoms with Crippen LogP contribution in [0.4, 0.5) is 0 Å². The number of aliphatic imine (C=N–C) groups is 1. The number of piperidine rings is 1. The van der Waals surface area contributed by atoms with Crippen molar-refractivity contribution in [1.82, 2.24) is 4.90 Å². The van der Waals surface area contributed by atoms with Crippen LogP contribution in [0.1, 0.15) is 45.4 Å². The van der Waals surface area contributed by atoms with Gasteiger partial charge in [0.15, 0.2) is 5.96 Å².